The fourth-order valence-electron chi connectivity index (χ4n) is 0.960. The molecule has 0 heterocycles. The summed E-state index contributed by atoms with van der Waals surface area (Å²) in [6.45, 7) is 5.64. The highest BCUT2D eigenvalue weighted by Gasteiger charge is 2.15. The molecule has 0 aliphatic heterocycles. The Morgan fingerprint density at radius 2 is 1.75 bits per heavy atom. The Kier molecular flexibility index (Phi) is 5.51. The lowest BCUT2D eigenvalue weighted by Gasteiger charge is -2.32. The van der Waals surface area contributed by atoms with Gasteiger partial charge in [-0.25, -0.2) is 0 Å². The van der Waals surface area contributed by atoms with Crippen LogP contribution in [0, 0.1) is 0 Å². The highest BCUT2D eigenvalue weighted by atomic mass is 15.4. The van der Waals surface area contributed by atoms with Crippen molar-refractivity contribution >= 4 is 0 Å². The molecule has 0 aromatic rings. The van der Waals surface area contributed by atoms with Crippen molar-refractivity contribution in [3.63, 3.8) is 0 Å². The average Bonchev–Trinajstić information content (AvgIpc) is 1.96. The van der Waals surface area contributed by atoms with Crippen LogP contribution in [0.3, 0.4) is 0 Å². The molecule has 0 aromatic carbocycles. The van der Waals surface area contributed by atoms with Crippen LogP contribution in [0.5, 0.6) is 0 Å². The van der Waals surface area contributed by atoms with Crippen LogP contribution in [0.1, 0.15) is 33.1 Å². The number of unbranched alkanes of at least 4 members (excludes halogenated alkanes) is 2. The van der Waals surface area contributed by atoms with Gasteiger partial charge in [0, 0.05) is 13.5 Å². The summed E-state index contributed by atoms with van der Waals surface area (Å²) in [6, 6.07) is 0. The number of hydrogen-bond donors (Lipinski definition) is 1. The van der Waals surface area contributed by atoms with Crippen LogP contribution < -0.4 is 5.32 Å². The smallest absolute Gasteiger partial charge is 0.139 e. The largest absolute Gasteiger partial charge is 0.316 e. The fraction of sp³-hybridized carbons (Fsp3) is 1.00. The molecule has 0 aromatic heterocycles. The summed E-state index contributed by atoms with van der Waals surface area (Å²) >= 11 is 0. The molecule has 1 N–H and O–H groups in total. The molecule has 0 aliphatic carbocycles. The molecule has 0 aliphatic rings. The van der Waals surface area contributed by atoms with Crippen molar-refractivity contribution in [1.82, 2.24) is 5.32 Å². The van der Waals surface area contributed by atoms with E-state index in [2.05, 4.69) is 40.3 Å². The molecule has 0 saturated heterocycles. The molecule has 0 amide bonds. The molecule has 0 fully saturated rings. The van der Waals surface area contributed by atoms with Crippen LogP contribution in [0.4, 0.5) is 0 Å². The average molecular weight is 173 g/mol. The first-order valence-electron chi connectivity index (χ1n) is 5.03. The number of rotatable bonds is 6. The summed E-state index contributed by atoms with van der Waals surface area (Å²) in [6.07, 6.45) is 4.51. The summed E-state index contributed by atoms with van der Waals surface area (Å²) in [5.41, 5.74) is 0. The predicted molar refractivity (Wildman–Crippen MR) is 55.0 cm³/mol. The van der Waals surface area contributed by atoms with Crippen LogP contribution in [0.15, 0.2) is 0 Å². The monoisotopic (exact) mass is 173 g/mol. The predicted octanol–water partition coefficient (Wildman–Crippen LogP) is 1.82. The molecule has 2 nitrogen and oxygen atoms in total. The van der Waals surface area contributed by atoms with Gasteiger partial charge in [-0.15, -0.1) is 0 Å². The Labute approximate surface area is 77.5 Å². The van der Waals surface area contributed by atoms with Gasteiger partial charge in [0.1, 0.15) is 6.17 Å². The maximum atomic E-state index is 3.53. The van der Waals surface area contributed by atoms with Crippen LogP contribution in [-0.2, 0) is 0 Å². The zero-order chi connectivity index (χ0) is 9.61. The number of nitrogens with one attached hydrogen (secondary N) is 1. The standard InChI is InChI=1S/C10H25N2/c1-6-7-8-9-11-10(2)12(3,4)5/h10-11H,6-9H2,1-5H3/q+1. The molecule has 0 saturated carbocycles. The van der Waals surface area contributed by atoms with Gasteiger partial charge in [0.15, 0.2) is 0 Å². The molecule has 0 radical (unpaired) electrons. The highest BCUT2D eigenvalue weighted by molar-refractivity contribution is 4.49. The molecule has 2 heteroatoms. The summed E-state index contributed by atoms with van der Waals surface area (Å²) in [7, 11) is 6.66. The van der Waals surface area contributed by atoms with E-state index in [0.29, 0.717) is 6.17 Å². The van der Waals surface area contributed by atoms with Gasteiger partial charge < -0.3 is 4.48 Å². The third kappa shape index (κ3) is 5.56. The van der Waals surface area contributed by atoms with E-state index in [1.165, 1.54) is 19.3 Å². The SMILES string of the molecule is CCCCCNC(C)[N+](C)(C)C. The molecule has 1 unspecified atom stereocenters. The van der Waals surface area contributed by atoms with Gasteiger partial charge in [-0.2, -0.15) is 0 Å². The second kappa shape index (κ2) is 5.55. The van der Waals surface area contributed by atoms with Crippen molar-refractivity contribution in [3.05, 3.63) is 0 Å². The van der Waals surface area contributed by atoms with Gasteiger partial charge in [0.2, 0.25) is 0 Å². The Bertz CT molecular complexity index is 105. The van der Waals surface area contributed by atoms with E-state index >= 15 is 0 Å². The van der Waals surface area contributed by atoms with Crippen LogP contribution in [-0.4, -0.2) is 38.3 Å². The third-order valence-electron chi connectivity index (χ3n) is 2.38. The van der Waals surface area contributed by atoms with Gasteiger partial charge in [-0.3, -0.25) is 5.32 Å². The van der Waals surface area contributed by atoms with E-state index in [4.69, 9.17) is 0 Å². The third-order valence-corrected chi connectivity index (χ3v) is 2.38. The molecule has 0 rings (SSSR count). The normalized spacial score (nSPS) is 14.8. The molecule has 0 spiro atoms. The van der Waals surface area contributed by atoms with Crippen molar-refractivity contribution in [2.45, 2.75) is 39.3 Å². The first kappa shape index (κ1) is 11.9. The topological polar surface area (TPSA) is 12.0 Å². The van der Waals surface area contributed by atoms with E-state index in [-0.39, 0.29) is 0 Å². The Morgan fingerprint density at radius 3 is 2.17 bits per heavy atom. The zero-order valence-corrected chi connectivity index (χ0v) is 9.35. The summed E-state index contributed by atoms with van der Waals surface area (Å²) < 4.78 is 0.992. The second-order valence-electron chi connectivity index (χ2n) is 4.45. The molecule has 0 bridgehead atoms. The molecular weight excluding hydrogens is 148 g/mol. The minimum atomic E-state index is 0.557. The van der Waals surface area contributed by atoms with Gasteiger partial charge >= 0.3 is 0 Å². The first-order chi connectivity index (χ1) is 5.48. The lowest BCUT2D eigenvalue weighted by Crippen LogP contribution is -2.51. The van der Waals surface area contributed by atoms with E-state index in [9.17, 15) is 0 Å². The number of nitrogens with zero attached hydrogens (tertiary/aromatic N) is 1. The zero-order valence-electron chi connectivity index (χ0n) is 9.35. The first-order valence-corrected chi connectivity index (χ1v) is 5.03. The summed E-state index contributed by atoms with van der Waals surface area (Å²) in [5, 5.41) is 3.53. The van der Waals surface area contributed by atoms with Gasteiger partial charge in [0.25, 0.3) is 0 Å². The summed E-state index contributed by atoms with van der Waals surface area (Å²) in [4.78, 5) is 0. The van der Waals surface area contributed by atoms with Crippen molar-refractivity contribution in [1.29, 1.82) is 0 Å². The van der Waals surface area contributed by atoms with Gasteiger partial charge in [-0.05, 0) is 6.42 Å². The van der Waals surface area contributed by atoms with Gasteiger partial charge in [-0.1, -0.05) is 19.8 Å². The lowest BCUT2D eigenvalue weighted by atomic mass is 10.2. The molecule has 1 atom stereocenters. The van der Waals surface area contributed by atoms with E-state index < -0.39 is 0 Å². The summed E-state index contributed by atoms with van der Waals surface area (Å²) in [5.74, 6) is 0. The fourth-order valence-corrected chi connectivity index (χ4v) is 0.960. The molecule has 74 valence electrons. The van der Waals surface area contributed by atoms with E-state index in [1.807, 2.05) is 0 Å². The quantitative estimate of drug-likeness (QED) is 0.367. The Hall–Kier alpha value is -0.0800. The van der Waals surface area contributed by atoms with Crippen molar-refractivity contribution < 1.29 is 4.48 Å². The van der Waals surface area contributed by atoms with Crippen LogP contribution >= 0.6 is 0 Å². The lowest BCUT2D eigenvalue weighted by molar-refractivity contribution is -0.897. The van der Waals surface area contributed by atoms with Crippen molar-refractivity contribution in [2.75, 3.05) is 27.7 Å². The number of hydrogen-bond acceptors (Lipinski definition) is 1. The maximum absolute atomic E-state index is 3.53. The van der Waals surface area contributed by atoms with Crippen LogP contribution in [0.25, 0.3) is 0 Å². The Morgan fingerprint density at radius 1 is 1.17 bits per heavy atom. The van der Waals surface area contributed by atoms with E-state index in [0.717, 1.165) is 11.0 Å². The van der Waals surface area contributed by atoms with E-state index in [1.54, 1.807) is 0 Å². The van der Waals surface area contributed by atoms with Crippen molar-refractivity contribution in [2.24, 2.45) is 0 Å². The van der Waals surface area contributed by atoms with Gasteiger partial charge in [0.05, 0.1) is 21.1 Å². The number of quaternary nitrogens is 1. The Balaban J connectivity index is 3.38. The minimum Gasteiger partial charge on any atom is -0.316 e. The molecular formula is C10H25N2+. The highest BCUT2D eigenvalue weighted by Crippen LogP contribution is 1.98. The van der Waals surface area contributed by atoms with Crippen molar-refractivity contribution in [3.8, 4) is 0 Å². The van der Waals surface area contributed by atoms with Crippen LogP contribution in [0.2, 0.25) is 0 Å². The molecule has 12 heavy (non-hydrogen) atoms. The maximum Gasteiger partial charge on any atom is 0.139 e. The minimum absolute atomic E-state index is 0.557. The second-order valence-corrected chi connectivity index (χ2v) is 4.45.